The third-order valence-corrected chi connectivity index (χ3v) is 4.13. The van der Waals surface area contributed by atoms with E-state index in [0.29, 0.717) is 16.7 Å². The van der Waals surface area contributed by atoms with E-state index in [2.05, 4.69) is 0 Å². The van der Waals surface area contributed by atoms with Crippen LogP contribution < -0.4 is 10.3 Å². The van der Waals surface area contributed by atoms with Gasteiger partial charge in [0.1, 0.15) is 11.5 Å². The summed E-state index contributed by atoms with van der Waals surface area (Å²) in [5.74, 6) is -0.469. The van der Waals surface area contributed by atoms with Crippen LogP contribution in [0.1, 0.15) is 36.7 Å². The van der Waals surface area contributed by atoms with Crippen molar-refractivity contribution in [2.75, 3.05) is 13.7 Å². The third kappa shape index (κ3) is 4.17. The van der Waals surface area contributed by atoms with E-state index in [0.717, 1.165) is 5.56 Å². The molecule has 28 heavy (non-hydrogen) atoms. The molecular formula is C22H25NO5. The van der Waals surface area contributed by atoms with Gasteiger partial charge in [0.15, 0.2) is 5.56 Å². The van der Waals surface area contributed by atoms with Crippen molar-refractivity contribution in [3.8, 4) is 11.5 Å². The molecule has 1 N–H and O–H groups in total. The van der Waals surface area contributed by atoms with Crippen molar-refractivity contribution in [2.45, 2.75) is 27.3 Å². The number of fused-ring (bicyclic) bond motifs is 1. The highest BCUT2D eigenvalue weighted by atomic mass is 16.5. The van der Waals surface area contributed by atoms with Gasteiger partial charge in [-0.1, -0.05) is 38.1 Å². The maximum absolute atomic E-state index is 12.9. The van der Waals surface area contributed by atoms with E-state index in [4.69, 9.17) is 9.47 Å². The Morgan fingerprint density at radius 2 is 1.71 bits per heavy atom. The number of carbonyl (C=O) groups is 1. The smallest absolute Gasteiger partial charge is 0.347 e. The summed E-state index contributed by atoms with van der Waals surface area (Å²) in [5, 5.41) is 10.9. The van der Waals surface area contributed by atoms with Gasteiger partial charge >= 0.3 is 5.97 Å². The molecule has 2 aromatic carbocycles. The summed E-state index contributed by atoms with van der Waals surface area (Å²) in [7, 11) is 1.58. The average Bonchev–Trinajstić information content (AvgIpc) is 2.73. The highest BCUT2D eigenvalue weighted by molar-refractivity contribution is 5.99. The molecule has 0 saturated heterocycles. The first-order valence-corrected chi connectivity index (χ1v) is 9.21. The highest BCUT2D eigenvalue weighted by Gasteiger charge is 2.23. The number of methoxy groups -OCH3 is 1. The molecule has 0 aliphatic rings. The van der Waals surface area contributed by atoms with Gasteiger partial charge < -0.3 is 19.1 Å². The number of pyridine rings is 1. The molecule has 0 spiro atoms. The molecule has 6 heteroatoms. The standard InChI is InChI=1S/C20H19NO5.C2H6/c1-3-26-20(24)17-18(22)15-6-4-5-7-16(15)21(19(17)23)12-13-8-10-14(25-2)11-9-13;1-2/h4-11,22H,3,12H2,1-2H3;1-2H3. The van der Waals surface area contributed by atoms with E-state index in [-0.39, 0.29) is 24.5 Å². The van der Waals surface area contributed by atoms with Crippen LogP contribution in [0.15, 0.2) is 53.3 Å². The zero-order valence-corrected chi connectivity index (χ0v) is 16.6. The number of aromatic hydroxyl groups is 1. The lowest BCUT2D eigenvalue weighted by Crippen LogP contribution is -2.28. The molecule has 0 radical (unpaired) electrons. The van der Waals surface area contributed by atoms with Crippen LogP contribution in [0.25, 0.3) is 10.9 Å². The fourth-order valence-electron chi connectivity index (χ4n) is 2.85. The molecule has 0 unspecified atom stereocenters. The van der Waals surface area contributed by atoms with Gasteiger partial charge in [-0.15, -0.1) is 0 Å². The molecule has 0 fully saturated rings. The summed E-state index contributed by atoms with van der Waals surface area (Å²) in [4.78, 5) is 25.1. The molecule has 0 amide bonds. The Kier molecular flexibility index (Phi) is 7.21. The van der Waals surface area contributed by atoms with Crippen LogP contribution in [0.3, 0.4) is 0 Å². The lowest BCUT2D eigenvalue weighted by Gasteiger charge is -2.14. The van der Waals surface area contributed by atoms with Crippen LogP contribution in [0.5, 0.6) is 11.5 Å². The molecule has 1 heterocycles. The summed E-state index contributed by atoms with van der Waals surface area (Å²) in [6.07, 6.45) is 0. The number of hydrogen-bond acceptors (Lipinski definition) is 5. The second kappa shape index (κ2) is 9.60. The molecule has 3 rings (SSSR count). The minimum atomic E-state index is -0.829. The Bertz CT molecular complexity index is 1010. The number of aromatic nitrogens is 1. The average molecular weight is 383 g/mol. The van der Waals surface area contributed by atoms with E-state index in [1.54, 1.807) is 50.4 Å². The van der Waals surface area contributed by atoms with Crippen molar-refractivity contribution in [2.24, 2.45) is 0 Å². The Morgan fingerprint density at radius 1 is 1.07 bits per heavy atom. The first-order valence-electron chi connectivity index (χ1n) is 9.21. The SMILES string of the molecule is CC.CCOC(=O)c1c(O)c2ccccc2n(Cc2ccc(OC)cc2)c1=O. The summed E-state index contributed by atoms with van der Waals surface area (Å²) >= 11 is 0. The van der Waals surface area contributed by atoms with Gasteiger partial charge in [-0.25, -0.2) is 4.79 Å². The molecule has 0 saturated carbocycles. The van der Waals surface area contributed by atoms with Gasteiger partial charge in [0.25, 0.3) is 5.56 Å². The molecule has 0 aliphatic heterocycles. The largest absolute Gasteiger partial charge is 0.506 e. The lowest BCUT2D eigenvalue weighted by atomic mass is 10.1. The van der Waals surface area contributed by atoms with Crippen LogP contribution >= 0.6 is 0 Å². The van der Waals surface area contributed by atoms with Crippen molar-refractivity contribution >= 4 is 16.9 Å². The van der Waals surface area contributed by atoms with Crippen molar-refractivity contribution in [1.29, 1.82) is 0 Å². The highest BCUT2D eigenvalue weighted by Crippen LogP contribution is 2.27. The summed E-state index contributed by atoms with van der Waals surface area (Å²) < 4.78 is 11.6. The van der Waals surface area contributed by atoms with Crippen LogP contribution in [0.4, 0.5) is 0 Å². The number of esters is 1. The second-order valence-corrected chi connectivity index (χ2v) is 5.70. The molecule has 3 aromatic rings. The molecule has 0 atom stereocenters. The van der Waals surface area contributed by atoms with Crippen LogP contribution in [0.2, 0.25) is 0 Å². The lowest BCUT2D eigenvalue weighted by molar-refractivity contribution is 0.0520. The van der Waals surface area contributed by atoms with Crippen molar-refractivity contribution in [3.63, 3.8) is 0 Å². The minimum Gasteiger partial charge on any atom is -0.506 e. The van der Waals surface area contributed by atoms with E-state index < -0.39 is 11.5 Å². The summed E-state index contributed by atoms with van der Waals surface area (Å²) in [6, 6.07) is 14.2. The summed E-state index contributed by atoms with van der Waals surface area (Å²) in [5.41, 5.74) is 0.465. The van der Waals surface area contributed by atoms with Gasteiger partial charge in [0.2, 0.25) is 0 Å². The van der Waals surface area contributed by atoms with E-state index >= 15 is 0 Å². The van der Waals surface area contributed by atoms with Gasteiger partial charge in [-0.05, 0) is 36.8 Å². The maximum atomic E-state index is 12.9. The Morgan fingerprint density at radius 3 is 2.32 bits per heavy atom. The molecule has 0 bridgehead atoms. The second-order valence-electron chi connectivity index (χ2n) is 5.70. The molecular weight excluding hydrogens is 358 g/mol. The Hall–Kier alpha value is -3.28. The maximum Gasteiger partial charge on any atom is 0.347 e. The number of rotatable bonds is 5. The van der Waals surface area contributed by atoms with Gasteiger partial charge in [-0.2, -0.15) is 0 Å². The number of para-hydroxylation sites is 1. The van der Waals surface area contributed by atoms with E-state index in [1.807, 2.05) is 26.0 Å². The number of benzene rings is 2. The summed E-state index contributed by atoms with van der Waals surface area (Å²) in [6.45, 7) is 6.00. The van der Waals surface area contributed by atoms with Crippen molar-refractivity contribution < 1.29 is 19.4 Å². The van der Waals surface area contributed by atoms with Crippen molar-refractivity contribution in [3.05, 3.63) is 70.0 Å². The van der Waals surface area contributed by atoms with Crippen LogP contribution in [0, 0.1) is 0 Å². The predicted octanol–water partition coefficient (Wildman–Crippen LogP) is 3.97. The molecule has 0 aliphatic carbocycles. The minimum absolute atomic E-state index is 0.114. The number of nitrogens with zero attached hydrogens (tertiary/aromatic N) is 1. The first-order chi connectivity index (χ1) is 13.6. The monoisotopic (exact) mass is 383 g/mol. The van der Waals surface area contributed by atoms with E-state index in [1.165, 1.54) is 4.57 Å². The first kappa shape index (κ1) is 21.0. The fraction of sp³-hybridized carbons (Fsp3) is 0.273. The van der Waals surface area contributed by atoms with Crippen molar-refractivity contribution in [1.82, 2.24) is 4.57 Å². The topological polar surface area (TPSA) is 77.8 Å². The Labute approximate surface area is 164 Å². The van der Waals surface area contributed by atoms with Gasteiger partial charge in [0, 0.05) is 5.39 Å². The zero-order chi connectivity index (χ0) is 20.7. The molecule has 6 nitrogen and oxygen atoms in total. The quantitative estimate of drug-likeness (QED) is 0.675. The zero-order valence-electron chi connectivity index (χ0n) is 16.6. The predicted molar refractivity (Wildman–Crippen MR) is 109 cm³/mol. The Balaban J connectivity index is 0.00000136. The van der Waals surface area contributed by atoms with Gasteiger partial charge in [-0.3, -0.25) is 4.79 Å². The number of ether oxygens (including phenoxy) is 2. The van der Waals surface area contributed by atoms with Crippen LogP contribution in [-0.2, 0) is 11.3 Å². The molecule has 1 aromatic heterocycles. The fourth-order valence-corrected chi connectivity index (χ4v) is 2.85. The van der Waals surface area contributed by atoms with E-state index in [9.17, 15) is 14.7 Å². The number of carbonyl (C=O) groups excluding carboxylic acids is 1. The van der Waals surface area contributed by atoms with Gasteiger partial charge in [0.05, 0.1) is 25.8 Å². The molecule has 148 valence electrons. The number of hydrogen-bond donors (Lipinski definition) is 1. The third-order valence-electron chi connectivity index (χ3n) is 4.13. The van der Waals surface area contributed by atoms with Crippen LogP contribution in [-0.4, -0.2) is 29.4 Å². The normalized spacial score (nSPS) is 10.1.